The molecule has 0 aromatic heterocycles. The first-order valence-corrected chi connectivity index (χ1v) is 9.38. The Bertz CT molecular complexity index is 1000. The van der Waals surface area contributed by atoms with Gasteiger partial charge in [0.1, 0.15) is 5.84 Å². The molecule has 4 nitrogen and oxygen atoms in total. The minimum atomic E-state index is -1.14. The average molecular weight is 420 g/mol. The van der Waals surface area contributed by atoms with Crippen molar-refractivity contribution in [3.8, 4) is 0 Å². The minimum absolute atomic E-state index is 0.251. The van der Waals surface area contributed by atoms with Gasteiger partial charge in [0.2, 0.25) is 0 Å². The van der Waals surface area contributed by atoms with Gasteiger partial charge in [0.15, 0.2) is 0 Å². The number of hydrogen-bond donors (Lipinski definition) is 0. The molecule has 0 amide bonds. The summed E-state index contributed by atoms with van der Waals surface area (Å²) < 4.78 is 0.925. The van der Waals surface area contributed by atoms with Crippen LogP contribution in [0.5, 0.6) is 0 Å². The molecule has 0 saturated carbocycles. The van der Waals surface area contributed by atoms with Crippen molar-refractivity contribution in [2.75, 3.05) is 6.54 Å². The molecule has 3 aromatic rings. The Morgan fingerprint density at radius 3 is 2.33 bits per heavy atom. The molecule has 1 aliphatic heterocycles. The van der Waals surface area contributed by atoms with E-state index in [4.69, 9.17) is 4.99 Å². The smallest absolute Gasteiger partial charge is 0.137 e. The molecule has 0 N–H and O–H groups in total. The highest BCUT2D eigenvalue weighted by molar-refractivity contribution is 9.10. The molecule has 4 rings (SSSR count). The summed E-state index contributed by atoms with van der Waals surface area (Å²) in [5.41, 5.74) is 3.66. The van der Waals surface area contributed by atoms with E-state index in [0.717, 1.165) is 26.9 Å². The van der Waals surface area contributed by atoms with Gasteiger partial charge in [0.05, 0.1) is 24.2 Å². The third-order valence-corrected chi connectivity index (χ3v) is 5.03. The topological polar surface area (TPSA) is 55.7 Å². The van der Waals surface area contributed by atoms with E-state index in [1.54, 1.807) is 4.90 Å². The van der Waals surface area contributed by atoms with Crippen LogP contribution in [-0.2, 0) is 4.79 Å². The molecule has 0 unspecified atom stereocenters. The monoisotopic (exact) mass is 419 g/mol. The maximum Gasteiger partial charge on any atom is 0.137 e. The standard InChI is InChI=1S/C22H17BrN2O2/c23-17-11-12-19-18(13-17)21(15-7-3-1-4-8-15)25(14-20(26)27)22(24-19)16-9-5-2-6-10-16/h1-13,21H,14H2,(H,26,27)/p-1/t21-/m1/s1. The summed E-state index contributed by atoms with van der Waals surface area (Å²) in [4.78, 5) is 18.2. The third kappa shape index (κ3) is 3.51. The van der Waals surface area contributed by atoms with Crippen molar-refractivity contribution in [2.24, 2.45) is 4.99 Å². The van der Waals surface area contributed by atoms with E-state index in [2.05, 4.69) is 15.9 Å². The number of fused-ring (bicyclic) bond motifs is 1. The van der Waals surface area contributed by atoms with Crippen molar-refractivity contribution in [2.45, 2.75) is 6.04 Å². The molecule has 27 heavy (non-hydrogen) atoms. The van der Waals surface area contributed by atoms with Gasteiger partial charge in [-0.25, -0.2) is 4.99 Å². The van der Waals surface area contributed by atoms with E-state index in [-0.39, 0.29) is 12.6 Å². The van der Waals surface area contributed by atoms with Crippen molar-refractivity contribution >= 4 is 33.4 Å². The molecule has 1 atom stereocenters. The number of carboxylic acids is 1. The Morgan fingerprint density at radius 1 is 1.00 bits per heavy atom. The van der Waals surface area contributed by atoms with Gasteiger partial charge >= 0.3 is 0 Å². The highest BCUT2D eigenvalue weighted by atomic mass is 79.9. The molecule has 0 radical (unpaired) electrons. The SMILES string of the molecule is O=C([O-])CN1C(c2ccccc2)=Nc2ccc(Br)cc2[C@H]1c1ccccc1. The number of amidine groups is 1. The summed E-state index contributed by atoms with van der Waals surface area (Å²) in [7, 11) is 0. The maximum absolute atomic E-state index is 11.6. The van der Waals surface area contributed by atoms with E-state index in [1.165, 1.54) is 0 Å². The van der Waals surface area contributed by atoms with Crippen molar-refractivity contribution in [3.63, 3.8) is 0 Å². The van der Waals surface area contributed by atoms with Crippen LogP contribution in [0.25, 0.3) is 0 Å². The van der Waals surface area contributed by atoms with Gasteiger partial charge in [0, 0.05) is 15.6 Å². The zero-order chi connectivity index (χ0) is 18.8. The molecule has 1 aliphatic rings. The van der Waals surface area contributed by atoms with Gasteiger partial charge in [-0.2, -0.15) is 0 Å². The lowest BCUT2D eigenvalue weighted by atomic mass is 9.93. The Morgan fingerprint density at radius 2 is 1.67 bits per heavy atom. The van der Waals surface area contributed by atoms with E-state index < -0.39 is 5.97 Å². The normalized spacial score (nSPS) is 15.8. The van der Waals surface area contributed by atoms with E-state index in [0.29, 0.717) is 5.84 Å². The maximum atomic E-state index is 11.6. The van der Waals surface area contributed by atoms with Gasteiger partial charge in [-0.05, 0) is 23.8 Å². The highest BCUT2D eigenvalue weighted by Crippen LogP contribution is 2.41. The lowest BCUT2D eigenvalue weighted by Crippen LogP contribution is -2.45. The summed E-state index contributed by atoms with van der Waals surface area (Å²) in [6, 6.07) is 25.1. The van der Waals surface area contributed by atoms with Crippen LogP contribution in [-0.4, -0.2) is 23.2 Å². The van der Waals surface area contributed by atoms with Crippen molar-refractivity contribution < 1.29 is 9.90 Å². The Labute approximate surface area is 165 Å². The second-order valence-corrected chi connectivity index (χ2v) is 7.23. The molecule has 5 heteroatoms. The fourth-order valence-corrected chi connectivity index (χ4v) is 3.81. The van der Waals surface area contributed by atoms with Crippen molar-refractivity contribution in [3.05, 3.63) is 100 Å². The molecule has 0 aliphatic carbocycles. The van der Waals surface area contributed by atoms with Crippen LogP contribution in [0.2, 0.25) is 0 Å². The summed E-state index contributed by atoms with van der Waals surface area (Å²) in [5, 5.41) is 11.6. The molecule has 1 heterocycles. The number of carbonyl (C=O) groups excluding carboxylic acids is 1. The lowest BCUT2D eigenvalue weighted by Gasteiger charge is -2.39. The number of carbonyl (C=O) groups is 1. The Kier molecular flexibility index (Phi) is 4.77. The van der Waals surface area contributed by atoms with Gasteiger partial charge in [-0.3, -0.25) is 0 Å². The van der Waals surface area contributed by atoms with Crippen LogP contribution >= 0.6 is 15.9 Å². The van der Waals surface area contributed by atoms with Gasteiger partial charge in [-0.1, -0.05) is 76.6 Å². The lowest BCUT2D eigenvalue weighted by molar-refractivity contribution is -0.305. The molecule has 0 bridgehead atoms. The Balaban J connectivity index is 1.96. The first kappa shape index (κ1) is 17.5. The fourth-order valence-electron chi connectivity index (χ4n) is 3.43. The van der Waals surface area contributed by atoms with Gasteiger partial charge < -0.3 is 14.8 Å². The van der Waals surface area contributed by atoms with Crippen LogP contribution in [0, 0.1) is 0 Å². The fraction of sp³-hybridized carbons (Fsp3) is 0.0909. The zero-order valence-electron chi connectivity index (χ0n) is 14.4. The molecular formula is C22H16BrN2O2-. The predicted octanol–water partition coefficient (Wildman–Crippen LogP) is 3.68. The largest absolute Gasteiger partial charge is 0.548 e. The molecule has 3 aromatic carbocycles. The molecule has 0 fully saturated rings. The van der Waals surface area contributed by atoms with Crippen LogP contribution < -0.4 is 5.11 Å². The third-order valence-electron chi connectivity index (χ3n) is 4.54. The summed E-state index contributed by atoms with van der Waals surface area (Å²) in [6.07, 6.45) is 0. The molecular weight excluding hydrogens is 404 g/mol. The van der Waals surface area contributed by atoms with Crippen LogP contribution in [0.1, 0.15) is 22.7 Å². The average Bonchev–Trinajstić information content (AvgIpc) is 2.68. The number of aliphatic imine (C=N–C) groups is 1. The number of carboxylic acid groups (broad SMARTS) is 1. The number of rotatable bonds is 4. The van der Waals surface area contributed by atoms with Gasteiger partial charge in [-0.15, -0.1) is 0 Å². The number of benzene rings is 3. The second kappa shape index (κ2) is 7.37. The molecule has 0 saturated heterocycles. The summed E-state index contributed by atoms with van der Waals surface area (Å²) >= 11 is 3.53. The predicted molar refractivity (Wildman–Crippen MR) is 107 cm³/mol. The quantitative estimate of drug-likeness (QED) is 0.647. The zero-order valence-corrected chi connectivity index (χ0v) is 16.0. The van der Waals surface area contributed by atoms with Crippen LogP contribution in [0.15, 0.2) is 88.3 Å². The number of halogens is 1. The van der Waals surface area contributed by atoms with E-state index in [1.807, 2.05) is 78.9 Å². The molecule has 0 spiro atoms. The van der Waals surface area contributed by atoms with E-state index >= 15 is 0 Å². The first-order chi connectivity index (χ1) is 13.1. The summed E-state index contributed by atoms with van der Waals surface area (Å²) in [5.74, 6) is -0.513. The first-order valence-electron chi connectivity index (χ1n) is 8.58. The summed E-state index contributed by atoms with van der Waals surface area (Å²) in [6.45, 7) is -0.251. The number of hydrogen-bond acceptors (Lipinski definition) is 4. The van der Waals surface area contributed by atoms with Crippen molar-refractivity contribution in [1.82, 2.24) is 4.90 Å². The van der Waals surface area contributed by atoms with E-state index in [9.17, 15) is 9.90 Å². The van der Waals surface area contributed by atoms with Crippen molar-refractivity contribution in [1.29, 1.82) is 0 Å². The number of aliphatic carboxylic acids is 1. The highest BCUT2D eigenvalue weighted by Gasteiger charge is 2.32. The van der Waals surface area contributed by atoms with Crippen LogP contribution in [0.3, 0.4) is 0 Å². The molecule has 134 valence electrons. The minimum Gasteiger partial charge on any atom is -0.548 e. The van der Waals surface area contributed by atoms with Crippen LogP contribution in [0.4, 0.5) is 5.69 Å². The number of nitrogens with zero attached hydrogens (tertiary/aromatic N) is 2. The van der Waals surface area contributed by atoms with Gasteiger partial charge in [0.25, 0.3) is 0 Å². The Hall–Kier alpha value is -2.92. The second-order valence-electron chi connectivity index (χ2n) is 6.32.